The standard InChI is InChI=1S/C14H18F2N2O/c1-18(2)14(19)10-7-11(15)13(12(16)8-10)9-3-5-17-6-4-9/h7-9,17H,3-6H2,1-2H3. The van der Waals surface area contributed by atoms with Crippen LogP contribution in [0.2, 0.25) is 0 Å². The van der Waals surface area contributed by atoms with Crippen LogP contribution in [0.1, 0.15) is 34.7 Å². The molecular weight excluding hydrogens is 250 g/mol. The van der Waals surface area contributed by atoms with E-state index in [9.17, 15) is 13.6 Å². The quantitative estimate of drug-likeness (QED) is 0.891. The highest BCUT2D eigenvalue weighted by molar-refractivity contribution is 5.94. The molecule has 0 atom stereocenters. The number of amides is 1. The molecule has 0 aliphatic carbocycles. The van der Waals surface area contributed by atoms with E-state index >= 15 is 0 Å². The lowest BCUT2D eigenvalue weighted by atomic mass is 9.88. The number of piperidine rings is 1. The minimum Gasteiger partial charge on any atom is -0.345 e. The number of hydrogen-bond acceptors (Lipinski definition) is 2. The van der Waals surface area contributed by atoms with Crippen LogP contribution < -0.4 is 5.32 Å². The van der Waals surface area contributed by atoms with Crippen molar-refractivity contribution >= 4 is 5.91 Å². The lowest BCUT2D eigenvalue weighted by Crippen LogP contribution is -2.28. The first kappa shape index (κ1) is 13.9. The van der Waals surface area contributed by atoms with Crippen LogP contribution in [-0.2, 0) is 0 Å². The fraction of sp³-hybridized carbons (Fsp3) is 0.500. The average molecular weight is 268 g/mol. The van der Waals surface area contributed by atoms with Crippen LogP contribution in [0.3, 0.4) is 0 Å². The third-order valence-electron chi connectivity index (χ3n) is 3.48. The second-order valence-corrected chi connectivity index (χ2v) is 5.08. The first-order valence-electron chi connectivity index (χ1n) is 6.42. The normalized spacial score (nSPS) is 16.4. The molecule has 1 aliphatic heterocycles. The molecule has 0 radical (unpaired) electrons. The summed E-state index contributed by atoms with van der Waals surface area (Å²) in [5, 5.41) is 3.16. The molecule has 104 valence electrons. The second-order valence-electron chi connectivity index (χ2n) is 5.08. The van der Waals surface area contributed by atoms with Gasteiger partial charge in [-0.3, -0.25) is 4.79 Å². The summed E-state index contributed by atoms with van der Waals surface area (Å²) in [6.07, 6.45) is 1.43. The number of nitrogens with zero attached hydrogens (tertiary/aromatic N) is 1. The maximum atomic E-state index is 14.1. The van der Waals surface area contributed by atoms with Gasteiger partial charge in [-0.25, -0.2) is 8.78 Å². The van der Waals surface area contributed by atoms with E-state index in [1.807, 2.05) is 0 Å². The average Bonchev–Trinajstić information content (AvgIpc) is 2.38. The monoisotopic (exact) mass is 268 g/mol. The van der Waals surface area contributed by atoms with Crippen LogP contribution >= 0.6 is 0 Å². The molecule has 2 rings (SSSR count). The molecule has 1 aromatic rings. The predicted molar refractivity (Wildman–Crippen MR) is 69.2 cm³/mol. The first-order chi connectivity index (χ1) is 9.00. The Bertz CT molecular complexity index is 459. The van der Waals surface area contributed by atoms with Crippen LogP contribution in [-0.4, -0.2) is 38.0 Å². The summed E-state index contributed by atoms with van der Waals surface area (Å²) in [7, 11) is 3.11. The zero-order valence-electron chi connectivity index (χ0n) is 11.2. The number of halogens is 2. The van der Waals surface area contributed by atoms with Crippen molar-refractivity contribution < 1.29 is 13.6 Å². The van der Waals surface area contributed by atoms with Crippen molar-refractivity contribution in [1.29, 1.82) is 0 Å². The molecule has 0 saturated carbocycles. The van der Waals surface area contributed by atoms with Crippen LogP contribution in [0.15, 0.2) is 12.1 Å². The Morgan fingerprint density at radius 3 is 2.21 bits per heavy atom. The molecule has 19 heavy (non-hydrogen) atoms. The molecule has 1 N–H and O–H groups in total. The molecule has 3 nitrogen and oxygen atoms in total. The van der Waals surface area contributed by atoms with Gasteiger partial charge in [-0.1, -0.05) is 0 Å². The second kappa shape index (κ2) is 5.65. The molecule has 1 heterocycles. The lowest BCUT2D eigenvalue weighted by Gasteiger charge is -2.24. The Morgan fingerprint density at radius 2 is 1.74 bits per heavy atom. The van der Waals surface area contributed by atoms with E-state index in [1.165, 1.54) is 4.90 Å². The number of benzene rings is 1. The molecule has 0 spiro atoms. The topological polar surface area (TPSA) is 32.3 Å². The Labute approximate surface area is 111 Å². The molecule has 0 aromatic heterocycles. The van der Waals surface area contributed by atoms with Gasteiger partial charge in [0.05, 0.1) is 0 Å². The van der Waals surface area contributed by atoms with Gasteiger partial charge < -0.3 is 10.2 Å². The Hall–Kier alpha value is -1.49. The summed E-state index contributed by atoms with van der Waals surface area (Å²) in [4.78, 5) is 13.0. The van der Waals surface area contributed by atoms with Crippen LogP contribution in [0, 0.1) is 11.6 Å². The molecule has 5 heteroatoms. The van der Waals surface area contributed by atoms with Gasteiger partial charge in [0.1, 0.15) is 11.6 Å². The lowest BCUT2D eigenvalue weighted by molar-refractivity contribution is 0.0826. The summed E-state index contributed by atoms with van der Waals surface area (Å²) in [5.41, 5.74) is 0.175. The van der Waals surface area contributed by atoms with Crippen LogP contribution in [0.25, 0.3) is 0 Å². The smallest absolute Gasteiger partial charge is 0.253 e. The van der Waals surface area contributed by atoms with Crippen molar-refractivity contribution in [2.45, 2.75) is 18.8 Å². The fourth-order valence-electron chi connectivity index (χ4n) is 2.47. The Balaban J connectivity index is 2.34. The number of rotatable bonds is 2. The van der Waals surface area contributed by atoms with Gasteiger partial charge in [0.15, 0.2) is 0 Å². The van der Waals surface area contributed by atoms with Crippen molar-refractivity contribution in [2.75, 3.05) is 27.2 Å². The number of carbonyl (C=O) groups excluding carboxylic acids is 1. The summed E-state index contributed by atoms with van der Waals surface area (Å²) >= 11 is 0. The van der Waals surface area contributed by atoms with Crippen molar-refractivity contribution in [2.24, 2.45) is 0 Å². The molecule has 1 aliphatic rings. The highest BCUT2D eigenvalue weighted by Gasteiger charge is 2.24. The maximum absolute atomic E-state index is 14.1. The zero-order valence-corrected chi connectivity index (χ0v) is 11.2. The van der Waals surface area contributed by atoms with Crippen molar-refractivity contribution in [3.8, 4) is 0 Å². The Morgan fingerprint density at radius 1 is 1.21 bits per heavy atom. The highest BCUT2D eigenvalue weighted by atomic mass is 19.1. The molecule has 0 bridgehead atoms. The largest absolute Gasteiger partial charge is 0.345 e. The van der Waals surface area contributed by atoms with Gasteiger partial charge >= 0.3 is 0 Å². The SMILES string of the molecule is CN(C)C(=O)c1cc(F)c(C2CCNCC2)c(F)c1. The fourth-order valence-corrected chi connectivity index (χ4v) is 2.47. The molecule has 1 saturated heterocycles. The van der Waals surface area contributed by atoms with E-state index in [4.69, 9.17) is 0 Å². The third-order valence-corrected chi connectivity index (χ3v) is 3.48. The maximum Gasteiger partial charge on any atom is 0.253 e. The summed E-state index contributed by atoms with van der Waals surface area (Å²) in [5.74, 6) is -1.73. The first-order valence-corrected chi connectivity index (χ1v) is 6.42. The number of hydrogen-bond donors (Lipinski definition) is 1. The minimum absolute atomic E-state index is 0.0534. The summed E-state index contributed by atoms with van der Waals surface area (Å²) in [6, 6.07) is 2.28. The van der Waals surface area contributed by atoms with Crippen molar-refractivity contribution in [3.05, 3.63) is 34.9 Å². The van der Waals surface area contributed by atoms with Crippen LogP contribution in [0.5, 0.6) is 0 Å². The van der Waals surface area contributed by atoms with E-state index in [0.717, 1.165) is 38.1 Å². The molecule has 1 fully saturated rings. The third kappa shape index (κ3) is 2.92. The van der Waals surface area contributed by atoms with Crippen molar-refractivity contribution in [1.82, 2.24) is 10.2 Å². The number of nitrogens with one attached hydrogen (secondary N) is 1. The summed E-state index contributed by atoms with van der Waals surface area (Å²) in [6.45, 7) is 1.53. The van der Waals surface area contributed by atoms with Gasteiger partial charge in [0.2, 0.25) is 0 Å². The highest BCUT2D eigenvalue weighted by Crippen LogP contribution is 2.30. The van der Waals surface area contributed by atoms with Gasteiger partial charge in [0.25, 0.3) is 5.91 Å². The molecule has 1 aromatic carbocycles. The van der Waals surface area contributed by atoms with E-state index in [2.05, 4.69) is 5.32 Å². The summed E-state index contributed by atoms with van der Waals surface area (Å²) < 4.78 is 28.2. The number of carbonyl (C=O) groups is 1. The van der Waals surface area contributed by atoms with Gasteiger partial charge in [-0.2, -0.15) is 0 Å². The minimum atomic E-state index is -0.614. The van der Waals surface area contributed by atoms with E-state index in [0.29, 0.717) is 0 Å². The van der Waals surface area contributed by atoms with E-state index in [1.54, 1.807) is 14.1 Å². The van der Waals surface area contributed by atoms with Crippen molar-refractivity contribution in [3.63, 3.8) is 0 Å². The molecule has 0 unspecified atom stereocenters. The Kier molecular flexibility index (Phi) is 4.14. The zero-order chi connectivity index (χ0) is 14.0. The molecule has 1 amide bonds. The predicted octanol–water partition coefficient (Wildman–Crippen LogP) is 2.13. The van der Waals surface area contributed by atoms with Gasteiger partial charge in [0, 0.05) is 25.2 Å². The van der Waals surface area contributed by atoms with E-state index in [-0.39, 0.29) is 17.0 Å². The van der Waals surface area contributed by atoms with Gasteiger partial charge in [-0.15, -0.1) is 0 Å². The van der Waals surface area contributed by atoms with Gasteiger partial charge in [-0.05, 0) is 44.0 Å². The van der Waals surface area contributed by atoms with Crippen LogP contribution in [0.4, 0.5) is 8.78 Å². The molecular formula is C14H18F2N2O. The van der Waals surface area contributed by atoms with E-state index < -0.39 is 17.5 Å².